The quantitative estimate of drug-likeness (QED) is 0.803. The average molecular weight is 275 g/mol. The van der Waals surface area contributed by atoms with Crippen molar-refractivity contribution in [1.82, 2.24) is 4.90 Å². The first-order valence-corrected chi connectivity index (χ1v) is 7.48. The van der Waals surface area contributed by atoms with E-state index < -0.39 is 6.04 Å². The van der Waals surface area contributed by atoms with E-state index in [4.69, 9.17) is 5.73 Å². The van der Waals surface area contributed by atoms with Crippen molar-refractivity contribution >= 4 is 5.91 Å². The van der Waals surface area contributed by atoms with Crippen molar-refractivity contribution in [3.05, 3.63) is 12.2 Å². The van der Waals surface area contributed by atoms with E-state index in [1.807, 2.05) is 13.8 Å². The minimum Gasteiger partial charge on any atom is -0.322 e. The lowest BCUT2D eigenvalue weighted by Gasteiger charge is -2.47. The van der Waals surface area contributed by atoms with Crippen molar-refractivity contribution in [3.8, 4) is 6.07 Å². The zero-order valence-corrected chi connectivity index (χ0v) is 12.7. The second kappa shape index (κ2) is 5.21. The van der Waals surface area contributed by atoms with E-state index in [1.165, 1.54) is 0 Å². The molecule has 2 fully saturated rings. The fourth-order valence-corrected chi connectivity index (χ4v) is 3.65. The molecule has 2 N–H and O–H groups in total. The number of likely N-dealkylation sites (tertiary alicyclic amines) is 1. The van der Waals surface area contributed by atoms with Crippen LogP contribution in [0.4, 0.5) is 0 Å². The molecular weight excluding hydrogens is 250 g/mol. The van der Waals surface area contributed by atoms with Gasteiger partial charge in [-0.1, -0.05) is 25.5 Å². The van der Waals surface area contributed by atoms with Crippen LogP contribution in [-0.2, 0) is 4.79 Å². The maximum atomic E-state index is 12.8. The molecule has 1 saturated carbocycles. The van der Waals surface area contributed by atoms with E-state index in [0.717, 1.165) is 31.3 Å². The van der Waals surface area contributed by atoms with E-state index in [2.05, 4.69) is 19.6 Å². The van der Waals surface area contributed by atoms with Crippen LogP contribution < -0.4 is 5.73 Å². The molecule has 110 valence electrons. The number of hydrogen-bond donors (Lipinski definition) is 1. The molecule has 1 amide bonds. The second-order valence-corrected chi connectivity index (χ2v) is 6.61. The Morgan fingerprint density at radius 2 is 2.10 bits per heavy atom. The van der Waals surface area contributed by atoms with E-state index in [9.17, 15) is 10.1 Å². The monoisotopic (exact) mass is 275 g/mol. The van der Waals surface area contributed by atoms with Crippen LogP contribution >= 0.6 is 0 Å². The molecule has 1 aliphatic heterocycles. The molecule has 20 heavy (non-hydrogen) atoms. The Labute approximate surface area is 121 Å². The minimum atomic E-state index is -0.558. The standard InChI is InChI=1S/C16H25N3O/c1-10(2)16(6-5-7-16)14(18)15(20)19-12(4)11(3)8-13(19)9-17/h11-14H,1,5-8,18H2,2-4H3/t11-,12-,13-,14+/m0/s1. The summed E-state index contributed by atoms with van der Waals surface area (Å²) < 4.78 is 0. The Hall–Kier alpha value is -1.34. The number of carbonyl (C=O) groups excluding carboxylic acids is 1. The number of nitrogens with two attached hydrogens (primary N) is 1. The van der Waals surface area contributed by atoms with Gasteiger partial charge in [0.2, 0.25) is 5.91 Å². The van der Waals surface area contributed by atoms with Gasteiger partial charge >= 0.3 is 0 Å². The number of nitrogens with zero attached hydrogens (tertiary/aromatic N) is 2. The van der Waals surface area contributed by atoms with Crippen LogP contribution in [-0.4, -0.2) is 28.9 Å². The van der Waals surface area contributed by atoms with Gasteiger partial charge in [-0.15, -0.1) is 0 Å². The molecule has 0 aromatic heterocycles. The molecule has 1 aliphatic carbocycles. The molecule has 0 aromatic carbocycles. The van der Waals surface area contributed by atoms with E-state index in [0.29, 0.717) is 5.92 Å². The van der Waals surface area contributed by atoms with Crippen LogP contribution in [0.3, 0.4) is 0 Å². The number of amides is 1. The van der Waals surface area contributed by atoms with Crippen molar-refractivity contribution in [2.75, 3.05) is 0 Å². The predicted molar refractivity (Wildman–Crippen MR) is 78.6 cm³/mol. The van der Waals surface area contributed by atoms with Crippen LogP contribution in [0.15, 0.2) is 12.2 Å². The van der Waals surface area contributed by atoms with Crippen molar-refractivity contribution in [2.24, 2.45) is 17.1 Å². The fraction of sp³-hybridized carbons (Fsp3) is 0.750. The van der Waals surface area contributed by atoms with Crippen LogP contribution in [0.5, 0.6) is 0 Å². The van der Waals surface area contributed by atoms with Gasteiger partial charge < -0.3 is 10.6 Å². The summed E-state index contributed by atoms with van der Waals surface area (Å²) >= 11 is 0. The van der Waals surface area contributed by atoms with Crippen LogP contribution in [0.2, 0.25) is 0 Å². The summed E-state index contributed by atoms with van der Waals surface area (Å²) in [7, 11) is 0. The average Bonchev–Trinajstić information content (AvgIpc) is 2.62. The number of nitriles is 1. The predicted octanol–water partition coefficient (Wildman–Crippen LogP) is 2.21. The summed E-state index contributed by atoms with van der Waals surface area (Å²) in [5.74, 6) is 0.272. The van der Waals surface area contributed by atoms with Crippen LogP contribution in [0.25, 0.3) is 0 Å². The van der Waals surface area contributed by atoms with Gasteiger partial charge in [0.25, 0.3) is 0 Å². The number of carbonyl (C=O) groups is 1. The van der Waals surface area contributed by atoms with Crippen molar-refractivity contribution in [1.29, 1.82) is 5.26 Å². The highest BCUT2D eigenvalue weighted by molar-refractivity contribution is 5.84. The molecule has 4 atom stereocenters. The zero-order chi connectivity index (χ0) is 15.1. The van der Waals surface area contributed by atoms with Crippen molar-refractivity contribution in [3.63, 3.8) is 0 Å². The first-order chi connectivity index (χ1) is 9.35. The number of hydrogen-bond acceptors (Lipinski definition) is 3. The maximum absolute atomic E-state index is 12.8. The summed E-state index contributed by atoms with van der Waals surface area (Å²) in [5, 5.41) is 9.28. The third kappa shape index (κ3) is 2.05. The molecule has 1 heterocycles. The Balaban J connectivity index is 2.22. The summed E-state index contributed by atoms with van der Waals surface area (Å²) in [6, 6.07) is 1.45. The third-order valence-electron chi connectivity index (χ3n) is 5.55. The first kappa shape index (κ1) is 15.1. The Bertz CT molecular complexity index is 461. The smallest absolute Gasteiger partial charge is 0.241 e. The Morgan fingerprint density at radius 3 is 2.50 bits per heavy atom. The van der Waals surface area contributed by atoms with Gasteiger partial charge in [0.1, 0.15) is 6.04 Å². The first-order valence-electron chi connectivity index (χ1n) is 7.48. The molecule has 0 radical (unpaired) electrons. The highest BCUT2D eigenvalue weighted by atomic mass is 16.2. The highest BCUT2D eigenvalue weighted by Gasteiger charge is 2.50. The SMILES string of the molecule is C=C(C)C1([C@H](N)C(=O)N2[C@H](C#N)C[C@H](C)[C@@H]2C)CCC1. The van der Waals surface area contributed by atoms with Crippen LogP contribution in [0.1, 0.15) is 46.5 Å². The van der Waals surface area contributed by atoms with Gasteiger partial charge in [-0.2, -0.15) is 5.26 Å². The Kier molecular flexibility index (Phi) is 3.93. The normalized spacial score (nSPS) is 33.1. The maximum Gasteiger partial charge on any atom is 0.241 e. The van der Waals surface area contributed by atoms with E-state index in [1.54, 1.807) is 4.90 Å². The molecular formula is C16H25N3O. The molecule has 4 nitrogen and oxygen atoms in total. The molecule has 2 aliphatic rings. The third-order valence-corrected chi connectivity index (χ3v) is 5.55. The fourth-order valence-electron chi connectivity index (χ4n) is 3.65. The molecule has 2 rings (SSSR count). The topological polar surface area (TPSA) is 70.1 Å². The van der Waals surface area contributed by atoms with Gasteiger partial charge in [0.15, 0.2) is 0 Å². The lowest BCUT2D eigenvalue weighted by molar-refractivity contribution is -0.138. The molecule has 0 aromatic rings. The number of rotatable bonds is 3. The lowest BCUT2D eigenvalue weighted by Crippen LogP contribution is -2.58. The van der Waals surface area contributed by atoms with E-state index in [-0.39, 0.29) is 23.4 Å². The molecule has 4 heteroatoms. The van der Waals surface area contributed by atoms with E-state index >= 15 is 0 Å². The zero-order valence-electron chi connectivity index (χ0n) is 12.7. The van der Waals surface area contributed by atoms with Gasteiger partial charge in [-0.3, -0.25) is 4.79 Å². The van der Waals surface area contributed by atoms with Gasteiger partial charge in [-0.25, -0.2) is 0 Å². The van der Waals surface area contributed by atoms with Crippen molar-refractivity contribution in [2.45, 2.75) is 64.6 Å². The van der Waals surface area contributed by atoms with Crippen molar-refractivity contribution < 1.29 is 4.79 Å². The second-order valence-electron chi connectivity index (χ2n) is 6.61. The van der Waals surface area contributed by atoms with Gasteiger partial charge in [0.05, 0.1) is 12.1 Å². The van der Waals surface area contributed by atoms with Gasteiger partial charge in [0, 0.05) is 11.5 Å². The Morgan fingerprint density at radius 1 is 1.50 bits per heavy atom. The lowest BCUT2D eigenvalue weighted by atomic mass is 9.60. The van der Waals surface area contributed by atoms with Gasteiger partial charge in [-0.05, 0) is 39.0 Å². The molecule has 1 saturated heterocycles. The molecule has 0 bridgehead atoms. The minimum absolute atomic E-state index is 0.0731. The summed E-state index contributed by atoms with van der Waals surface area (Å²) in [6.45, 7) is 10.1. The van der Waals surface area contributed by atoms with Crippen LogP contribution in [0, 0.1) is 22.7 Å². The molecule has 0 unspecified atom stereocenters. The largest absolute Gasteiger partial charge is 0.322 e. The molecule has 0 spiro atoms. The highest BCUT2D eigenvalue weighted by Crippen LogP contribution is 2.49. The summed E-state index contributed by atoms with van der Waals surface area (Å²) in [6.07, 6.45) is 3.71. The summed E-state index contributed by atoms with van der Waals surface area (Å²) in [5.41, 5.74) is 7.05. The summed E-state index contributed by atoms with van der Waals surface area (Å²) in [4.78, 5) is 14.5.